The molecular weight excluding hydrogens is 151 g/mol. The van der Waals surface area contributed by atoms with Crippen LogP contribution in [0.4, 0.5) is 4.39 Å². The first-order valence-electron chi connectivity index (χ1n) is 4.74. The van der Waals surface area contributed by atoms with Gasteiger partial charge in [0.15, 0.2) is 0 Å². The molecule has 0 aromatic rings. The van der Waals surface area contributed by atoms with Gasteiger partial charge in [-0.15, -0.1) is 0 Å². The molecule has 12 heavy (non-hydrogen) atoms. The smallest absolute Gasteiger partial charge is 0.104 e. The fraction of sp³-hybridized carbons (Fsp3) is 0.636. The average molecular weight is 168 g/mol. The predicted octanol–water partition coefficient (Wildman–Crippen LogP) is 4.00. The molecule has 68 valence electrons. The van der Waals surface area contributed by atoms with Gasteiger partial charge in [-0.1, -0.05) is 19.4 Å². The molecule has 1 rings (SSSR count). The van der Waals surface area contributed by atoms with Gasteiger partial charge in [0.25, 0.3) is 0 Å². The van der Waals surface area contributed by atoms with Gasteiger partial charge in [0.1, 0.15) is 5.83 Å². The van der Waals surface area contributed by atoms with Crippen LogP contribution < -0.4 is 0 Å². The van der Waals surface area contributed by atoms with Gasteiger partial charge >= 0.3 is 0 Å². The molecule has 0 aliphatic heterocycles. The van der Waals surface area contributed by atoms with Gasteiger partial charge in [0.2, 0.25) is 0 Å². The first kappa shape index (κ1) is 9.50. The molecule has 0 aromatic carbocycles. The highest BCUT2D eigenvalue weighted by Crippen LogP contribution is 2.34. The average Bonchev–Trinajstić information content (AvgIpc) is 2.34. The van der Waals surface area contributed by atoms with Crippen molar-refractivity contribution in [3.8, 4) is 0 Å². The van der Waals surface area contributed by atoms with Crippen molar-refractivity contribution in [3.63, 3.8) is 0 Å². The lowest BCUT2D eigenvalue weighted by molar-refractivity contribution is 0.536. The maximum Gasteiger partial charge on any atom is 0.104 e. The van der Waals surface area contributed by atoms with E-state index in [0.29, 0.717) is 12.3 Å². The number of rotatable bonds is 3. The number of hydrogen-bond acceptors (Lipinski definition) is 0. The van der Waals surface area contributed by atoms with E-state index >= 15 is 0 Å². The van der Waals surface area contributed by atoms with Crippen molar-refractivity contribution in [1.29, 1.82) is 0 Å². The van der Waals surface area contributed by atoms with Gasteiger partial charge in [-0.2, -0.15) is 0 Å². The van der Waals surface area contributed by atoms with Crippen molar-refractivity contribution in [2.24, 2.45) is 5.92 Å². The first-order chi connectivity index (χ1) is 5.69. The second kappa shape index (κ2) is 3.88. The van der Waals surface area contributed by atoms with Crippen molar-refractivity contribution < 1.29 is 4.39 Å². The zero-order valence-corrected chi connectivity index (χ0v) is 8.15. The molecule has 0 bridgehead atoms. The molecular formula is C11H17F. The highest BCUT2D eigenvalue weighted by Gasteiger charge is 2.18. The summed E-state index contributed by atoms with van der Waals surface area (Å²) in [6.45, 7) is 6.36. The van der Waals surface area contributed by atoms with Crippen LogP contribution in [0, 0.1) is 5.92 Å². The Labute approximate surface area is 74.2 Å². The lowest BCUT2D eigenvalue weighted by atomic mass is 9.91. The lowest BCUT2D eigenvalue weighted by Crippen LogP contribution is -2.01. The molecule has 0 saturated heterocycles. The van der Waals surface area contributed by atoms with E-state index in [2.05, 4.69) is 13.8 Å². The van der Waals surface area contributed by atoms with Crippen LogP contribution >= 0.6 is 0 Å². The molecule has 1 aliphatic carbocycles. The minimum absolute atomic E-state index is 0.0365. The van der Waals surface area contributed by atoms with Gasteiger partial charge in [-0.05, 0) is 37.3 Å². The standard InChI is InChI=1S/C11H17F/c1-4-9(5-2)11-7-10(12)6-8(11)3/h6,9H,4-5,7H2,1-3H3. The molecule has 0 aromatic heterocycles. The topological polar surface area (TPSA) is 0 Å². The van der Waals surface area contributed by atoms with Crippen LogP contribution in [0.3, 0.4) is 0 Å². The summed E-state index contributed by atoms with van der Waals surface area (Å²) in [6.07, 6.45) is 4.50. The zero-order valence-electron chi connectivity index (χ0n) is 8.15. The van der Waals surface area contributed by atoms with Crippen molar-refractivity contribution >= 4 is 0 Å². The maximum atomic E-state index is 12.9. The van der Waals surface area contributed by atoms with E-state index in [1.165, 1.54) is 5.57 Å². The summed E-state index contributed by atoms with van der Waals surface area (Å²) >= 11 is 0. The Morgan fingerprint density at radius 1 is 1.42 bits per heavy atom. The zero-order chi connectivity index (χ0) is 9.14. The maximum absolute atomic E-state index is 12.9. The Bertz CT molecular complexity index is 219. The minimum Gasteiger partial charge on any atom is -0.211 e. The summed E-state index contributed by atoms with van der Waals surface area (Å²) < 4.78 is 12.9. The molecule has 0 saturated carbocycles. The Morgan fingerprint density at radius 2 is 2.00 bits per heavy atom. The fourth-order valence-corrected chi connectivity index (χ4v) is 1.95. The van der Waals surface area contributed by atoms with Crippen molar-refractivity contribution in [2.75, 3.05) is 0 Å². The van der Waals surface area contributed by atoms with Crippen molar-refractivity contribution in [2.45, 2.75) is 40.0 Å². The normalized spacial score (nSPS) is 17.6. The monoisotopic (exact) mass is 168 g/mol. The summed E-state index contributed by atoms with van der Waals surface area (Å²) in [6, 6.07) is 0. The van der Waals surface area contributed by atoms with Crippen LogP contribution in [0.15, 0.2) is 23.0 Å². The second-order valence-corrected chi connectivity index (χ2v) is 3.49. The summed E-state index contributed by atoms with van der Waals surface area (Å²) in [7, 11) is 0. The van der Waals surface area contributed by atoms with Crippen LogP contribution in [0.25, 0.3) is 0 Å². The van der Waals surface area contributed by atoms with Gasteiger partial charge in [-0.3, -0.25) is 0 Å². The summed E-state index contributed by atoms with van der Waals surface area (Å²) in [5.41, 5.74) is 2.47. The first-order valence-corrected chi connectivity index (χ1v) is 4.74. The second-order valence-electron chi connectivity index (χ2n) is 3.49. The summed E-state index contributed by atoms with van der Waals surface area (Å²) in [5.74, 6) is 0.629. The third-order valence-corrected chi connectivity index (χ3v) is 2.72. The largest absolute Gasteiger partial charge is 0.211 e. The predicted molar refractivity (Wildman–Crippen MR) is 50.6 cm³/mol. The van der Waals surface area contributed by atoms with Crippen LogP contribution in [-0.4, -0.2) is 0 Å². The number of allylic oxidation sites excluding steroid dienone is 4. The summed E-state index contributed by atoms with van der Waals surface area (Å²) in [4.78, 5) is 0. The summed E-state index contributed by atoms with van der Waals surface area (Å²) in [5, 5.41) is 0. The fourth-order valence-electron chi connectivity index (χ4n) is 1.95. The Kier molecular flexibility index (Phi) is 3.07. The van der Waals surface area contributed by atoms with Gasteiger partial charge in [0, 0.05) is 6.42 Å². The highest BCUT2D eigenvalue weighted by molar-refractivity contribution is 5.36. The molecule has 0 heterocycles. The minimum atomic E-state index is 0.0365. The van der Waals surface area contributed by atoms with E-state index < -0.39 is 0 Å². The SMILES string of the molecule is CCC(CC)C1=C(C)C=C(F)C1. The third kappa shape index (κ3) is 1.77. The van der Waals surface area contributed by atoms with E-state index in [4.69, 9.17) is 0 Å². The van der Waals surface area contributed by atoms with E-state index in [9.17, 15) is 4.39 Å². The van der Waals surface area contributed by atoms with Crippen LogP contribution in [0.5, 0.6) is 0 Å². The van der Waals surface area contributed by atoms with E-state index in [-0.39, 0.29) is 5.83 Å². The molecule has 0 atom stereocenters. The van der Waals surface area contributed by atoms with Gasteiger partial charge in [-0.25, -0.2) is 4.39 Å². The van der Waals surface area contributed by atoms with Crippen molar-refractivity contribution in [1.82, 2.24) is 0 Å². The van der Waals surface area contributed by atoms with E-state index in [0.717, 1.165) is 18.4 Å². The van der Waals surface area contributed by atoms with Crippen LogP contribution in [0.1, 0.15) is 40.0 Å². The third-order valence-electron chi connectivity index (χ3n) is 2.72. The molecule has 0 fully saturated rings. The van der Waals surface area contributed by atoms with Crippen molar-refractivity contribution in [3.05, 3.63) is 23.0 Å². The van der Waals surface area contributed by atoms with Crippen LogP contribution in [-0.2, 0) is 0 Å². The van der Waals surface area contributed by atoms with Crippen LogP contribution in [0.2, 0.25) is 0 Å². The number of hydrogen-bond donors (Lipinski definition) is 0. The quantitative estimate of drug-likeness (QED) is 0.597. The van der Waals surface area contributed by atoms with E-state index in [1.807, 2.05) is 6.92 Å². The van der Waals surface area contributed by atoms with Gasteiger partial charge < -0.3 is 0 Å². The molecule has 1 heteroatoms. The number of halogens is 1. The molecule has 0 N–H and O–H groups in total. The highest BCUT2D eigenvalue weighted by atomic mass is 19.1. The molecule has 0 unspecified atom stereocenters. The molecule has 0 nitrogen and oxygen atoms in total. The Balaban J connectivity index is 2.72. The molecule has 1 aliphatic rings. The van der Waals surface area contributed by atoms with Gasteiger partial charge in [0.05, 0.1) is 0 Å². The Morgan fingerprint density at radius 3 is 2.33 bits per heavy atom. The molecule has 0 radical (unpaired) electrons. The molecule has 0 amide bonds. The molecule has 0 spiro atoms. The lowest BCUT2D eigenvalue weighted by Gasteiger charge is -2.15. The van der Waals surface area contributed by atoms with E-state index in [1.54, 1.807) is 6.08 Å². The Hall–Kier alpha value is -0.590.